The minimum absolute atomic E-state index is 0. The fourth-order valence-electron chi connectivity index (χ4n) is 7.65. The molecule has 0 saturated carbocycles. The van der Waals surface area contributed by atoms with E-state index in [2.05, 4.69) is 154 Å². The third-order valence-electron chi connectivity index (χ3n) is 13.6. The average Bonchev–Trinajstić information content (AvgIpc) is 3.18. The van der Waals surface area contributed by atoms with E-state index in [1.54, 1.807) is 0 Å². The molecule has 3 aromatic carbocycles. The SMILES string of the molecule is C.C.C[C@H]1[C@H](O[Si](C)(C)C(C)(C)C)[C@H](C)C(=O)O[C@@H]1CCO.C[C@H]1[C@H](O[Si](C)(C)C(C)(C)C)[C@H](C)C(=O)O[C@@H]1CCO[Si](c1ccccc1)(c1ccccc1)c1ccccc1. The molecule has 0 amide bonds. The molecule has 2 aliphatic rings. The van der Waals surface area contributed by atoms with Gasteiger partial charge >= 0.3 is 11.9 Å². The highest BCUT2D eigenvalue weighted by Crippen LogP contribution is 2.43. The van der Waals surface area contributed by atoms with Gasteiger partial charge in [-0.15, -0.1) is 0 Å². The van der Waals surface area contributed by atoms with Crippen LogP contribution in [0, 0.1) is 23.7 Å². The first-order valence-corrected chi connectivity index (χ1v) is 29.4. The van der Waals surface area contributed by atoms with E-state index in [0.29, 0.717) is 19.4 Å². The van der Waals surface area contributed by atoms with Crippen molar-refractivity contribution in [3.8, 4) is 0 Å². The van der Waals surface area contributed by atoms with Crippen molar-refractivity contribution < 1.29 is 37.4 Å². The number of cyclic esters (lactones) is 2. The molecule has 8 nitrogen and oxygen atoms in total. The summed E-state index contributed by atoms with van der Waals surface area (Å²) in [5, 5.41) is 12.9. The van der Waals surface area contributed by atoms with Crippen LogP contribution in [0.15, 0.2) is 91.0 Å². The smallest absolute Gasteiger partial charge is 0.311 e. The van der Waals surface area contributed by atoms with Crippen LogP contribution >= 0.6 is 0 Å². The molecule has 0 aliphatic carbocycles. The van der Waals surface area contributed by atoms with E-state index >= 15 is 0 Å². The van der Waals surface area contributed by atoms with Crippen LogP contribution < -0.4 is 15.6 Å². The van der Waals surface area contributed by atoms with Crippen molar-refractivity contribution in [1.29, 1.82) is 0 Å². The van der Waals surface area contributed by atoms with Gasteiger partial charge in [-0.1, -0.05) is 161 Å². The molecule has 1 N–H and O–H groups in total. The molecular weight excluding hydrogens is 813 g/mol. The summed E-state index contributed by atoms with van der Waals surface area (Å²) in [7, 11) is -6.79. The third kappa shape index (κ3) is 12.6. The van der Waals surface area contributed by atoms with Crippen LogP contribution in [-0.2, 0) is 32.3 Å². The molecule has 3 aromatic rings. The van der Waals surface area contributed by atoms with Gasteiger partial charge in [-0.2, -0.15) is 0 Å². The summed E-state index contributed by atoms with van der Waals surface area (Å²) in [5.41, 5.74) is 0. The van der Waals surface area contributed by atoms with Crippen molar-refractivity contribution >= 4 is 52.5 Å². The van der Waals surface area contributed by atoms with Gasteiger partial charge in [0.05, 0.1) is 24.0 Å². The van der Waals surface area contributed by atoms with E-state index in [1.807, 2.05) is 32.0 Å². The molecule has 0 unspecified atom stereocenters. The van der Waals surface area contributed by atoms with Gasteiger partial charge in [0, 0.05) is 37.9 Å². The standard InChI is InChI=1S/C33H44O4Si2.C15H30O4Si.2CH4/c1-25-30(36-32(34)26(2)31(25)37-38(6,7)33(3,4)5)23-24-35-39(27-17-11-8-12-18-27,28-19-13-9-14-20-28)29-21-15-10-16-22-29;1-10-12(8-9-16)18-14(17)11(2)13(10)19-20(6,7)15(3,4)5;;/h8-22,25-26,30-31H,23-24H2,1-7H3;10-13,16H,8-9H2,1-7H3;2*1H4/t25-,26+,30-,31+;10-,11+,12-,13+;;/m11../s1. The molecule has 0 aromatic heterocycles. The Labute approximate surface area is 373 Å². The first-order valence-electron chi connectivity index (χ1n) is 21.7. The van der Waals surface area contributed by atoms with Crippen LogP contribution in [0.5, 0.6) is 0 Å². The zero-order valence-corrected chi connectivity index (χ0v) is 41.4. The minimum Gasteiger partial charge on any atom is -0.462 e. The maximum Gasteiger partial charge on any atom is 0.311 e. The van der Waals surface area contributed by atoms with Gasteiger partial charge in [0.1, 0.15) is 12.2 Å². The van der Waals surface area contributed by atoms with Gasteiger partial charge in [-0.3, -0.25) is 9.59 Å². The lowest BCUT2D eigenvalue weighted by Gasteiger charge is -2.46. The summed E-state index contributed by atoms with van der Waals surface area (Å²) >= 11 is 0. The number of hydrogen-bond acceptors (Lipinski definition) is 8. The molecule has 0 radical (unpaired) electrons. The van der Waals surface area contributed by atoms with Gasteiger partial charge < -0.3 is 27.9 Å². The first kappa shape index (κ1) is 54.2. The number of ether oxygens (including phenoxy) is 2. The van der Waals surface area contributed by atoms with Gasteiger partial charge in [-0.25, -0.2) is 0 Å². The summed E-state index contributed by atoms with van der Waals surface area (Å²) in [6, 6.07) is 31.7. The second-order valence-corrected chi connectivity index (χ2v) is 32.8. The summed E-state index contributed by atoms with van der Waals surface area (Å²) in [5.74, 6) is -0.697. The molecule has 8 atom stereocenters. The number of carbonyl (C=O) groups excluding carboxylic acids is 2. The van der Waals surface area contributed by atoms with Crippen molar-refractivity contribution in [2.75, 3.05) is 13.2 Å². The van der Waals surface area contributed by atoms with Crippen LogP contribution in [0.1, 0.15) is 96.9 Å². The average molecular weight is 895 g/mol. The highest BCUT2D eigenvalue weighted by atomic mass is 28.4. The number of aliphatic hydroxyl groups is 1. The second-order valence-electron chi connectivity index (χ2n) is 19.9. The molecule has 5 rings (SSSR count). The van der Waals surface area contributed by atoms with E-state index in [9.17, 15) is 9.59 Å². The van der Waals surface area contributed by atoms with E-state index in [1.165, 1.54) is 15.6 Å². The zero-order chi connectivity index (χ0) is 44.0. The normalized spacial score (nSPS) is 24.8. The van der Waals surface area contributed by atoms with Crippen molar-refractivity contribution in [2.45, 2.75) is 158 Å². The molecule has 0 spiro atoms. The van der Waals surface area contributed by atoms with E-state index in [0.717, 1.165) is 0 Å². The first-order chi connectivity index (χ1) is 27.5. The molecule has 61 heavy (non-hydrogen) atoms. The van der Waals surface area contributed by atoms with E-state index < -0.39 is 25.0 Å². The number of rotatable bonds is 13. The van der Waals surface area contributed by atoms with Crippen LogP contribution in [0.4, 0.5) is 0 Å². The van der Waals surface area contributed by atoms with Crippen LogP contribution in [0.3, 0.4) is 0 Å². The van der Waals surface area contributed by atoms with Gasteiger partial charge in [0.25, 0.3) is 8.32 Å². The number of aliphatic hydroxyl groups excluding tert-OH is 1. The lowest BCUT2D eigenvalue weighted by molar-refractivity contribution is -0.178. The largest absolute Gasteiger partial charge is 0.462 e. The number of carbonyl (C=O) groups is 2. The van der Waals surface area contributed by atoms with Gasteiger partial charge in [0.2, 0.25) is 0 Å². The van der Waals surface area contributed by atoms with Crippen molar-refractivity contribution in [2.24, 2.45) is 23.7 Å². The Morgan fingerprint density at radius 3 is 1.16 bits per heavy atom. The molecule has 2 heterocycles. The third-order valence-corrected chi connectivity index (χ3v) is 26.6. The maximum absolute atomic E-state index is 13.0. The highest BCUT2D eigenvalue weighted by molar-refractivity contribution is 7.07. The zero-order valence-electron chi connectivity index (χ0n) is 38.4. The van der Waals surface area contributed by atoms with Gasteiger partial charge in [0.15, 0.2) is 16.6 Å². The molecular formula is C50H82O8Si3. The Kier molecular flexibility index (Phi) is 19.7. The summed E-state index contributed by atoms with van der Waals surface area (Å²) < 4.78 is 31.8. The topological polar surface area (TPSA) is 101 Å². The Morgan fingerprint density at radius 1 is 0.557 bits per heavy atom. The molecule has 11 heteroatoms. The molecule has 2 fully saturated rings. The van der Waals surface area contributed by atoms with Crippen molar-refractivity contribution in [3.63, 3.8) is 0 Å². The fraction of sp³-hybridized carbons (Fsp3) is 0.600. The summed E-state index contributed by atoms with van der Waals surface area (Å²) in [6.07, 6.45) is 0.344. The second kappa shape index (κ2) is 22.1. The Bertz CT molecular complexity index is 1680. The Morgan fingerprint density at radius 2 is 0.869 bits per heavy atom. The monoisotopic (exact) mass is 895 g/mol. The molecule has 342 valence electrons. The maximum atomic E-state index is 13.0. The lowest BCUT2D eigenvalue weighted by atomic mass is 9.85. The van der Waals surface area contributed by atoms with Crippen LogP contribution in [-0.4, -0.2) is 79.6 Å². The summed E-state index contributed by atoms with van der Waals surface area (Å²) in [4.78, 5) is 25.0. The van der Waals surface area contributed by atoms with Crippen molar-refractivity contribution in [3.05, 3.63) is 91.0 Å². The number of benzene rings is 3. The molecule has 2 aliphatic heterocycles. The predicted molar refractivity (Wildman–Crippen MR) is 260 cm³/mol. The highest BCUT2D eigenvalue weighted by Gasteiger charge is 2.50. The van der Waals surface area contributed by atoms with Gasteiger partial charge in [-0.05, 0) is 65.7 Å². The Hall–Kier alpha value is -2.91. The quantitative estimate of drug-likeness (QED) is 0.103. The van der Waals surface area contributed by atoms with Crippen molar-refractivity contribution in [1.82, 2.24) is 0 Å². The predicted octanol–water partition coefficient (Wildman–Crippen LogP) is 9.88. The fourth-order valence-corrected chi connectivity index (χ4v) is 14.5. The number of hydrogen-bond donors (Lipinski definition) is 1. The lowest BCUT2D eigenvalue weighted by Crippen LogP contribution is -2.69. The van der Waals surface area contributed by atoms with Crippen LogP contribution in [0.2, 0.25) is 36.3 Å². The summed E-state index contributed by atoms with van der Waals surface area (Å²) in [6.45, 7) is 30.8. The molecule has 0 bridgehead atoms. The minimum atomic E-state index is -2.81. The Balaban J connectivity index is 0.000000495. The molecule has 2 saturated heterocycles. The van der Waals surface area contributed by atoms with E-state index in [4.69, 9.17) is 27.9 Å². The van der Waals surface area contributed by atoms with Crippen LogP contribution in [0.25, 0.3) is 0 Å². The van der Waals surface area contributed by atoms with E-state index in [-0.39, 0.29) is 91.6 Å². The number of esters is 2.